The SMILES string of the molecule is COc1ccc2[nH]cc(C=O)c2c1C(=O)O. The predicted molar refractivity (Wildman–Crippen MR) is 57.2 cm³/mol. The Hall–Kier alpha value is -2.30. The molecule has 0 aliphatic carbocycles. The van der Waals surface area contributed by atoms with Gasteiger partial charge in [0.25, 0.3) is 0 Å². The molecular weight excluding hydrogens is 210 g/mol. The fourth-order valence-corrected chi connectivity index (χ4v) is 1.71. The van der Waals surface area contributed by atoms with Crippen molar-refractivity contribution in [3.8, 4) is 5.75 Å². The van der Waals surface area contributed by atoms with Crippen LogP contribution in [-0.4, -0.2) is 29.5 Å². The summed E-state index contributed by atoms with van der Waals surface area (Å²) in [5, 5.41) is 9.50. The lowest BCUT2D eigenvalue weighted by atomic mass is 10.1. The van der Waals surface area contributed by atoms with E-state index < -0.39 is 5.97 Å². The van der Waals surface area contributed by atoms with Crippen LogP contribution in [0.4, 0.5) is 0 Å². The van der Waals surface area contributed by atoms with Gasteiger partial charge in [0.05, 0.1) is 7.11 Å². The number of aromatic amines is 1. The summed E-state index contributed by atoms with van der Waals surface area (Å²) in [6, 6.07) is 3.23. The van der Waals surface area contributed by atoms with Crippen LogP contribution in [0.5, 0.6) is 5.75 Å². The summed E-state index contributed by atoms with van der Waals surface area (Å²) in [6.45, 7) is 0. The highest BCUT2D eigenvalue weighted by molar-refractivity contribution is 6.11. The molecule has 0 aliphatic rings. The molecule has 5 heteroatoms. The molecule has 0 radical (unpaired) electrons. The minimum atomic E-state index is -1.12. The monoisotopic (exact) mass is 219 g/mol. The minimum Gasteiger partial charge on any atom is -0.496 e. The van der Waals surface area contributed by atoms with Crippen molar-refractivity contribution in [2.75, 3.05) is 7.11 Å². The Labute approximate surface area is 90.6 Å². The molecule has 5 nitrogen and oxygen atoms in total. The van der Waals surface area contributed by atoms with Crippen LogP contribution >= 0.6 is 0 Å². The molecule has 0 atom stereocenters. The highest BCUT2D eigenvalue weighted by Crippen LogP contribution is 2.29. The third-order valence-corrected chi connectivity index (χ3v) is 2.40. The number of nitrogens with one attached hydrogen (secondary N) is 1. The molecular formula is C11H9NO4. The molecule has 2 aromatic rings. The number of carboxylic acids is 1. The smallest absolute Gasteiger partial charge is 0.340 e. The van der Waals surface area contributed by atoms with Gasteiger partial charge >= 0.3 is 5.97 Å². The Morgan fingerprint density at radius 2 is 2.25 bits per heavy atom. The molecule has 0 saturated heterocycles. The Morgan fingerprint density at radius 3 is 2.81 bits per heavy atom. The molecule has 1 aromatic heterocycles. The number of fused-ring (bicyclic) bond motifs is 1. The van der Waals surface area contributed by atoms with E-state index in [-0.39, 0.29) is 11.3 Å². The summed E-state index contributed by atoms with van der Waals surface area (Å²) < 4.78 is 4.97. The Bertz CT molecular complexity index is 571. The van der Waals surface area contributed by atoms with Crippen LogP contribution in [0.3, 0.4) is 0 Å². The molecule has 0 aliphatic heterocycles. The van der Waals surface area contributed by atoms with Crippen molar-refractivity contribution in [2.45, 2.75) is 0 Å². The molecule has 2 N–H and O–H groups in total. The standard InChI is InChI=1S/C11H9NO4/c1-16-8-3-2-7-9(10(8)11(14)15)6(5-13)4-12-7/h2-5,12H,1H3,(H,14,15). The summed E-state index contributed by atoms with van der Waals surface area (Å²) in [4.78, 5) is 24.8. The Kier molecular flexibility index (Phi) is 2.36. The molecule has 0 spiro atoms. The number of carbonyl (C=O) groups is 2. The van der Waals surface area contributed by atoms with E-state index >= 15 is 0 Å². The van der Waals surface area contributed by atoms with Crippen molar-refractivity contribution in [1.82, 2.24) is 4.98 Å². The Morgan fingerprint density at radius 1 is 1.50 bits per heavy atom. The quantitative estimate of drug-likeness (QED) is 0.770. The van der Waals surface area contributed by atoms with E-state index in [0.717, 1.165) is 0 Å². The van der Waals surface area contributed by atoms with Crippen molar-refractivity contribution in [3.63, 3.8) is 0 Å². The van der Waals surface area contributed by atoms with Gasteiger partial charge < -0.3 is 14.8 Å². The maximum absolute atomic E-state index is 11.2. The number of hydrogen-bond donors (Lipinski definition) is 2. The number of rotatable bonds is 3. The summed E-state index contributed by atoms with van der Waals surface area (Å²) in [6.07, 6.45) is 2.09. The van der Waals surface area contributed by atoms with Crippen LogP contribution in [0.1, 0.15) is 20.7 Å². The van der Waals surface area contributed by atoms with Crippen LogP contribution in [0.15, 0.2) is 18.3 Å². The topological polar surface area (TPSA) is 79.4 Å². The van der Waals surface area contributed by atoms with Gasteiger partial charge in [-0.05, 0) is 12.1 Å². The van der Waals surface area contributed by atoms with Crippen molar-refractivity contribution in [3.05, 3.63) is 29.5 Å². The summed E-state index contributed by atoms with van der Waals surface area (Å²) in [5.74, 6) is -0.882. The van der Waals surface area contributed by atoms with Crippen molar-refractivity contribution < 1.29 is 19.4 Å². The molecule has 1 aromatic carbocycles. The fourth-order valence-electron chi connectivity index (χ4n) is 1.71. The summed E-state index contributed by atoms with van der Waals surface area (Å²) in [7, 11) is 1.39. The molecule has 0 saturated carbocycles. The predicted octanol–water partition coefficient (Wildman–Crippen LogP) is 1.69. The maximum Gasteiger partial charge on any atom is 0.340 e. The van der Waals surface area contributed by atoms with Crippen LogP contribution in [0.2, 0.25) is 0 Å². The first-order chi connectivity index (χ1) is 7.69. The van der Waals surface area contributed by atoms with Gasteiger partial charge in [0.1, 0.15) is 11.3 Å². The molecule has 82 valence electrons. The number of methoxy groups -OCH3 is 1. The lowest BCUT2D eigenvalue weighted by Gasteiger charge is -2.06. The molecule has 0 amide bonds. The van der Waals surface area contributed by atoms with Crippen molar-refractivity contribution in [2.24, 2.45) is 0 Å². The third-order valence-electron chi connectivity index (χ3n) is 2.40. The molecule has 16 heavy (non-hydrogen) atoms. The first kappa shape index (κ1) is 10.2. The highest BCUT2D eigenvalue weighted by Gasteiger charge is 2.18. The zero-order chi connectivity index (χ0) is 11.7. The van der Waals surface area contributed by atoms with Crippen LogP contribution < -0.4 is 4.74 Å². The number of hydrogen-bond acceptors (Lipinski definition) is 3. The average molecular weight is 219 g/mol. The van der Waals surface area contributed by atoms with E-state index in [1.54, 1.807) is 12.1 Å². The van der Waals surface area contributed by atoms with Gasteiger partial charge in [0, 0.05) is 22.7 Å². The van der Waals surface area contributed by atoms with E-state index in [9.17, 15) is 9.59 Å². The van der Waals surface area contributed by atoms with Crippen LogP contribution in [0, 0.1) is 0 Å². The zero-order valence-corrected chi connectivity index (χ0v) is 8.48. The second kappa shape index (κ2) is 3.69. The van der Waals surface area contributed by atoms with E-state index in [0.29, 0.717) is 22.8 Å². The van der Waals surface area contributed by atoms with Gasteiger partial charge in [0.15, 0.2) is 6.29 Å². The zero-order valence-electron chi connectivity index (χ0n) is 8.48. The van der Waals surface area contributed by atoms with E-state index in [4.69, 9.17) is 9.84 Å². The first-order valence-corrected chi connectivity index (χ1v) is 4.55. The lowest BCUT2D eigenvalue weighted by molar-refractivity contribution is 0.0695. The minimum absolute atomic E-state index is 0.00310. The summed E-state index contributed by atoms with van der Waals surface area (Å²) >= 11 is 0. The average Bonchev–Trinajstić information content (AvgIpc) is 2.69. The van der Waals surface area contributed by atoms with E-state index in [1.807, 2.05) is 0 Å². The number of H-pyrrole nitrogens is 1. The number of carbonyl (C=O) groups excluding carboxylic acids is 1. The largest absolute Gasteiger partial charge is 0.496 e. The molecule has 0 bridgehead atoms. The normalized spacial score (nSPS) is 10.3. The van der Waals surface area contributed by atoms with Gasteiger partial charge in [-0.2, -0.15) is 0 Å². The molecule has 0 unspecified atom stereocenters. The number of aromatic carboxylic acids is 1. The fraction of sp³-hybridized carbons (Fsp3) is 0.0909. The van der Waals surface area contributed by atoms with E-state index in [1.165, 1.54) is 13.3 Å². The van der Waals surface area contributed by atoms with Gasteiger partial charge in [-0.25, -0.2) is 4.79 Å². The lowest BCUT2D eigenvalue weighted by Crippen LogP contribution is -2.02. The van der Waals surface area contributed by atoms with Crippen molar-refractivity contribution >= 4 is 23.2 Å². The first-order valence-electron chi connectivity index (χ1n) is 4.55. The second-order valence-electron chi connectivity index (χ2n) is 3.23. The number of benzene rings is 1. The van der Waals surface area contributed by atoms with Crippen LogP contribution in [-0.2, 0) is 0 Å². The Balaban J connectivity index is 2.91. The van der Waals surface area contributed by atoms with Gasteiger partial charge in [-0.3, -0.25) is 4.79 Å². The number of aldehydes is 1. The second-order valence-corrected chi connectivity index (χ2v) is 3.23. The molecule has 0 fully saturated rings. The van der Waals surface area contributed by atoms with Gasteiger partial charge in [-0.15, -0.1) is 0 Å². The molecule has 2 rings (SSSR count). The molecule has 1 heterocycles. The summed E-state index contributed by atoms with van der Waals surface area (Å²) in [5.41, 5.74) is 0.912. The third kappa shape index (κ3) is 1.33. The number of aromatic nitrogens is 1. The maximum atomic E-state index is 11.2. The van der Waals surface area contributed by atoms with Crippen molar-refractivity contribution in [1.29, 1.82) is 0 Å². The van der Waals surface area contributed by atoms with Gasteiger partial charge in [0.2, 0.25) is 0 Å². The van der Waals surface area contributed by atoms with E-state index in [2.05, 4.69) is 4.98 Å². The van der Waals surface area contributed by atoms with Crippen LogP contribution in [0.25, 0.3) is 10.9 Å². The number of ether oxygens (including phenoxy) is 1. The number of carboxylic acid groups (broad SMARTS) is 1. The highest BCUT2D eigenvalue weighted by atomic mass is 16.5. The van der Waals surface area contributed by atoms with Gasteiger partial charge in [-0.1, -0.05) is 0 Å².